The van der Waals surface area contributed by atoms with E-state index in [-0.39, 0.29) is 35.2 Å². The third kappa shape index (κ3) is 3.00. The molecule has 0 amide bonds. The Bertz CT molecular complexity index is 618. The second-order valence-electron chi connectivity index (χ2n) is 4.59. The van der Waals surface area contributed by atoms with Gasteiger partial charge in [-0.1, -0.05) is 11.6 Å². The zero-order valence-electron chi connectivity index (χ0n) is 10.6. The highest BCUT2D eigenvalue weighted by atomic mass is 35.5. The van der Waals surface area contributed by atoms with Crippen molar-refractivity contribution < 1.29 is 13.2 Å². The molecule has 0 saturated carbocycles. The van der Waals surface area contributed by atoms with Crippen molar-refractivity contribution in [3.8, 4) is 0 Å². The minimum absolute atomic E-state index is 0.0154. The summed E-state index contributed by atoms with van der Waals surface area (Å²) in [6.07, 6.45) is 0.822. The zero-order chi connectivity index (χ0) is 14.2. The first-order valence-electron chi connectivity index (χ1n) is 5.84. The summed E-state index contributed by atoms with van der Waals surface area (Å²) in [6, 6.07) is 1.17. The van der Waals surface area contributed by atoms with E-state index in [9.17, 15) is 13.2 Å². The number of hydrogen-bond acceptors (Lipinski definition) is 4. The van der Waals surface area contributed by atoms with Gasteiger partial charge >= 0.3 is 0 Å². The van der Waals surface area contributed by atoms with Crippen LogP contribution in [0.25, 0.3) is 0 Å². The fourth-order valence-electron chi connectivity index (χ4n) is 2.06. The average molecular weight is 307 g/mol. The highest BCUT2D eigenvalue weighted by Gasteiger charge is 2.32. The van der Waals surface area contributed by atoms with Crippen molar-refractivity contribution >= 4 is 21.6 Å². The quantitative estimate of drug-likeness (QED) is 0.877. The Morgan fingerprint density at radius 3 is 2.47 bits per heavy atom. The Labute approximate surface area is 116 Å². The van der Waals surface area contributed by atoms with Crippen LogP contribution in [0.15, 0.2) is 22.0 Å². The summed E-state index contributed by atoms with van der Waals surface area (Å²) in [4.78, 5) is 13.5. The molecule has 1 saturated heterocycles. The second-order valence-corrected chi connectivity index (χ2v) is 6.94. The van der Waals surface area contributed by atoms with Crippen LogP contribution in [0.3, 0.4) is 0 Å². The molecular formula is C11H15ClN2O4S. The molecule has 19 heavy (non-hydrogen) atoms. The van der Waals surface area contributed by atoms with Gasteiger partial charge in [0.05, 0.1) is 17.1 Å². The molecule has 2 atom stereocenters. The lowest BCUT2D eigenvalue weighted by Crippen LogP contribution is -2.48. The van der Waals surface area contributed by atoms with Gasteiger partial charge in [0.15, 0.2) is 0 Å². The number of morpholine rings is 1. The third-order valence-corrected chi connectivity index (χ3v) is 4.95. The number of sulfonamides is 1. The molecule has 0 aliphatic carbocycles. The molecule has 1 aromatic rings. The standard InChI is InChI=1S/C11H15ClN2O4S/c1-7-5-14(6-8(2)18-7)19(16,17)9-3-10(12)11(15)13-4-9/h3-4,7-8H,5-6H2,1-2H3,(H,13,15)/t7-,8+. The molecule has 2 rings (SSSR count). The number of halogens is 1. The molecule has 1 fully saturated rings. The first-order valence-corrected chi connectivity index (χ1v) is 7.66. The molecular weight excluding hydrogens is 292 g/mol. The first kappa shape index (κ1) is 14.5. The van der Waals surface area contributed by atoms with E-state index < -0.39 is 15.6 Å². The minimum Gasteiger partial charge on any atom is -0.373 e. The predicted octanol–water partition coefficient (Wildman–Crippen LogP) is 0.826. The van der Waals surface area contributed by atoms with E-state index >= 15 is 0 Å². The van der Waals surface area contributed by atoms with E-state index in [1.807, 2.05) is 13.8 Å². The molecule has 6 nitrogen and oxygen atoms in total. The maximum Gasteiger partial charge on any atom is 0.266 e. The van der Waals surface area contributed by atoms with Crippen molar-refractivity contribution in [3.63, 3.8) is 0 Å². The number of pyridine rings is 1. The van der Waals surface area contributed by atoms with Gasteiger partial charge in [-0.15, -0.1) is 0 Å². The summed E-state index contributed by atoms with van der Waals surface area (Å²) < 4.78 is 31.7. The number of H-pyrrole nitrogens is 1. The van der Waals surface area contributed by atoms with Gasteiger partial charge in [-0.25, -0.2) is 8.42 Å². The molecule has 1 aliphatic heterocycles. The van der Waals surface area contributed by atoms with Crippen LogP contribution in [0.5, 0.6) is 0 Å². The summed E-state index contributed by atoms with van der Waals surface area (Å²) in [5.41, 5.74) is -0.510. The molecule has 2 heterocycles. The number of hydrogen-bond donors (Lipinski definition) is 1. The van der Waals surface area contributed by atoms with Gasteiger partial charge in [-0.05, 0) is 19.9 Å². The van der Waals surface area contributed by atoms with Crippen molar-refractivity contribution in [3.05, 3.63) is 27.6 Å². The molecule has 0 spiro atoms. The Kier molecular flexibility index (Phi) is 4.00. The Balaban J connectivity index is 2.36. The van der Waals surface area contributed by atoms with E-state index in [2.05, 4.69) is 4.98 Å². The van der Waals surface area contributed by atoms with Crippen LogP contribution in [0.1, 0.15) is 13.8 Å². The molecule has 1 aliphatic rings. The van der Waals surface area contributed by atoms with Crippen LogP contribution < -0.4 is 5.56 Å². The number of nitrogens with one attached hydrogen (secondary N) is 1. The smallest absolute Gasteiger partial charge is 0.266 e. The van der Waals surface area contributed by atoms with Gasteiger partial charge < -0.3 is 9.72 Å². The number of ether oxygens (including phenoxy) is 1. The minimum atomic E-state index is -3.67. The maximum atomic E-state index is 12.4. The van der Waals surface area contributed by atoms with E-state index in [1.54, 1.807) is 0 Å². The van der Waals surface area contributed by atoms with Crippen molar-refractivity contribution in [2.24, 2.45) is 0 Å². The van der Waals surface area contributed by atoms with Crippen molar-refractivity contribution in [1.82, 2.24) is 9.29 Å². The maximum absolute atomic E-state index is 12.4. The molecule has 0 radical (unpaired) electrons. The van der Waals surface area contributed by atoms with Gasteiger partial charge in [0.2, 0.25) is 10.0 Å². The Hall–Kier alpha value is -0.890. The normalized spacial score (nSPS) is 25.4. The summed E-state index contributed by atoms with van der Waals surface area (Å²) in [7, 11) is -3.67. The van der Waals surface area contributed by atoms with Crippen LogP contribution in [-0.4, -0.2) is 43.0 Å². The lowest BCUT2D eigenvalue weighted by molar-refractivity contribution is -0.0440. The summed E-state index contributed by atoms with van der Waals surface area (Å²) >= 11 is 5.66. The van der Waals surface area contributed by atoms with Gasteiger partial charge in [-0.2, -0.15) is 4.31 Å². The van der Waals surface area contributed by atoms with Crippen molar-refractivity contribution in [2.45, 2.75) is 31.0 Å². The Morgan fingerprint density at radius 2 is 1.95 bits per heavy atom. The van der Waals surface area contributed by atoms with Crippen molar-refractivity contribution in [2.75, 3.05) is 13.1 Å². The van der Waals surface area contributed by atoms with Crippen LogP contribution in [0.4, 0.5) is 0 Å². The van der Waals surface area contributed by atoms with E-state index in [4.69, 9.17) is 16.3 Å². The largest absolute Gasteiger partial charge is 0.373 e. The molecule has 8 heteroatoms. The monoisotopic (exact) mass is 306 g/mol. The van der Waals surface area contributed by atoms with Crippen LogP contribution in [0, 0.1) is 0 Å². The lowest BCUT2D eigenvalue weighted by atomic mass is 10.3. The number of nitrogens with zero attached hydrogens (tertiary/aromatic N) is 1. The fourth-order valence-corrected chi connectivity index (χ4v) is 3.88. The average Bonchev–Trinajstić information content (AvgIpc) is 2.31. The molecule has 0 bridgehead atoms. The molecule has 1 N–H and O–H groups in total. The van der Waals surface area contributed by atoms with Gasteiger partial charge in [0.25, 0.3) is 5.56 Å². The van der Waals surface area contributed by atoms with Crippen LogP contribution in [0.2, 0.25) is 5.02 Å². The number of aromatic nitrogens is 1. The van der Waals surface area contributed by atoms with Gasteiger partial charge in [0.1, 0.15) is 5.02 Å². The van der Waals surface area contributed by atoms with E-state index in [0.717, 1.165) is 6.20 Å². The molecule has 106 valence electrons. The SMILES string of the molecule is C[C@@H]1CN(S(=O)(=O)c2c[nH]c(=O)c(Cl)c2)C[C@H](C)O1. The number of aromatic amines is 1. The number of rotatable bonds is 2. The van der Waals surface area contributed by atoms with E-state index in [1.165, 1.54) is 10.4 Å². The highest BCUT2D eigenvalue weighted by molar-refractivity contribution is 7.89. The molecule has 0 aromatic carbocycles. The third-order valence-electron chi connectivity index (χ3n) is 2.86. The van der Waals surface area contributed by atoms with Gasteiger partial charge in [-0.3, -0.25) is 4.79 Å². The molecule has 0 unspecified atom stereocenters. The van der Waals surface area contributed by atoms with Gasteiger partial charge in [0, 0.05) is 19.3 Å². The fraction of sp³-hybridized carbons (Fsp3) is 0.545. The summed E-state index contributed by atoms with van der Waals surface area (Å²) in [5, 5.41) is -0.143. The van der Waals surface area contributed by atoms with Crippen LogP contribution >= 0.6 is 11.6 Å². The summed E-state index contributed by atoms with van der Waals surface area (Å²) in [6.45, 7) is 4.20. The first-order chi connectivity index (χ1) is 8.80. The Morgan fingerprint density at radius 1 is 1.37 bits per heavy atom. The predicted molar refractivity (Wildman–Crippen MR) is 70.8 cm³/mol. The van der Waals surface area contributed by atoms with E-state index in [0.29, 0.717) is 0 Å². The topological polar surface area (TPSA) is 79.5 Å². The second kappa shape index (κ2) is 5.24. The van der Waals surface area contributed by atoms with Crippen LogP contribution in [-0.2, 0) is 14.8 Å². The van der Waals surface area contributed by atoms with Crippen molar-refractivity contribution in [1.29, 1.82) is 0 Å². The molecule has 1 aromatic heterocycles. The highest BCUT2D eigenvalue weighted by Crippen LogP contribution is 2.21. The summed E-state index contributed by atoms with van der Waals surface area (Å²) in [5.74, 6) is 0. The lowest BCUT2D eigenvalue weighted by Gasteiger charge is -2.34. The zero-order valence-corrected chi connectivity index (χ0v) is 12.2.